The standard InChI is InChI=1S/C33H42ClN3O7S/c1-8-26(32(39)35-33(2,3)4)36(19-18-23-12-10-9-11-13-23)31(38)22-37(27-20-24(34)14-16-28(27)42-5)45(40,41)25-15-17-29(43-6)30(21-25)44-7/h9-17,20-21,26H,8,18-19,22H2,1-7H3,(H,35,39)/t26-/m1/s1. The topological polar surface area (TPSA) is 114 Å². The normalized spacial score (nSPS) is 12.2. The molecule has 0 aliphatic carbocycles. The predicted octanol–water partition coefficient (Wildman–Crippen LogP) is 5.33. The first kappa shape index (κ1) is 35.5. The van der Waals surface area contributed by atoms with Crippen molar-refractivity contribution in [2.24, 2.45) is 0 Å². The Labute approximate surface area is 271 Å². The molecule has 3 aromatic carbocycles. The van der Waals surface area contributed by atoms with Crippen LogP contribution in [0.2, 0.25) is 5.02 Å². The smallest absolute Gasteiger partial charge is 0.265 e. The fourth-order valence-electron chi connectivity index (χ4n) is 4.82. The Hall–Kier alpha value is -3.96. The molecule has 244 valence electrons. The molecular formula is C33H42ClN3O7S. The van der Waals surface area contributed by atoms with Gasteiger partial charge in [-0.2, -0.15) is 0 Å². The molecule has 0 aliphatic heterocycles. The second kappa shape index (κ2) is 15.4. The fraction of sp³-hybridized carbons (Fsp3) is 0.394. The quantitative estimate of drug-likeness (QED) is 0.249. The fourth-order valence-corrected chi connectivity index (χ4v) is 6.42. The number of halogens is 1. The van der Waals surface area contributed by atoms with E-state index in [0.717, 1.165) is 9.87 Å². The summed E-state index contributed by atoms with van der Waals surface area (Å²) in [5.74, 6) is -0.196. The van der Waals surface area contributed by atoms with E-state index in [1.165, 1.54) is 56.6 Å². The highest BCUT2D eigenvalue weighted by molar-refractivity contribution is 7.92. The average Bonchev–Trinajstić information content (AvgIpc) is 3.00. The summed E-state index contributed by atoms with van der Waals surface area (Å²) in [6.45, 7) is 6.93. The summed E-state index contributed by atoms with van der Waals surface area (Å²) in [5.41, 5.74) is 0.478. The van der Waals surface area contributed by atoms with Crippen molar-refractivity contribution in [3.63, 3.8) is 0 Å². The van der Waals surface area contributed by atoms with Crippen molar-refractivity contribution in [3.05, 3.63) is 77.3 Å². The number of hydrogen-bond acceptors (Lipinski definition) is 7. The van der Waals surface area contributed by atoms with Gasteiger partial charge in [-0.05, 0) is 69.5 Å². The molecule has 12 heteroatoms. The molecule has 1 atom stereocenters. The van der Waals surface area contributed by atoms with Crippen LogP contribution in [0.4, 0.5) is 5.69 Å². The molecule has 0 fully saturated rings. The van der Waals surface area contributed by atoms with Crippen LogP contribution in [0, 0.1) is 0 Å². The zero-order valence-corrected chi connectivity index (χ0v) is 28.4. The van der Waals surface area contributed by atoms with Crippen LogP contribution in [0.5, 0.6) is 17.2 Å². The van der Waals surface area contributed by atoms with E-state index in [0.29, 0.717) is 18.6 Å². The van der Waals surface area contributed by atoms with Crippen molar-refractivity contribution < 1.29 is 32.2 Å². The number of nitrogens with zero attached hydrogens (tertiary/aromatic N) is 2. The molecule has 3 rings (SSSR count). The van der Waals surface area contributed by atoms with E-state index >= 15 is 0 Å². The highest BCUT2D eigenvalue weighted by Gasteiger charge is 2.36. The van der Waals surface area contributed by atoms with Gasteiger partial charge in [-0.25, -0.2) is 8.42 Å². The lowest BCUT2D eigenvalue weighted by molar-refractivity contribution is -0.140. The van der Waals surface area contributed by atoms with Crippen molar-refractivity contribution in [3.8, 4) is 17.2 Å². The van der Waals surface area contributed by atoms with E-state index < -0.39 is 34.1 Å². The van der Waals surface area contributed by atoms with Crippen LogP contribution in [0.1, 0.15) is 39.7 Å². The molecule has 3 aromatic rings. The Morgan fingerprint density at radius 2 is 1.51 bits per heavy atom. The number of sulfonamides is 1. The van der Waals surface area contributed by atoms with Gasteiger partial charge in [0.2, 0.25) is 11.8 Å². The maximum Gasteiger partial charge on any atom is 0.265 e. The van der Waals surface area contributed by atoms with Gasteiger partial charge in [0.15, 0.2) is 11.5 Å². The molecule has 0 radical (unpaired) electrons. The Morgan fingerprint density at radius 1 is 0.889 bits per heavy atom. The van der Waals surface area contributed by atoms with Crippen molar-refractivity contribution in [1.29, 1.82) is 0 Å². The lowest BCUT2D eigenvalue weighted by Gasteiger charge is -2.35. The van der Waals surface area contributed by atoms with Gasteiger partial charge in [-0.15, -0.1) is 0 Å². The monoisotopic (exact) mass is 659 g/mol. The van der Waals surface area contributed by atoms with Crippen LogP contribution >= 0.6 is 11.6 Å². The summed E-state index contributed by atoms with van der Waals surface area (Å²) in [6, 6.07) is 17.4. The number of ether oxygens (including phenoxy) is 3. The SMILES string of the molecule is CC[C@H](C(=O)NC(C)(C)C)N(CCc1ccccc1)C(=O)CN(c1cc(Cl)ccc1OC)S(=O)(=O)c1ccc(OC)c(OC)c1. The van der Waals surface area contributed by atoms with Crippen molar-refractivity contribution >= 4 is 39.1 Å². The summed E-state index contributed by atoms with van der Waals surface area (Å²) < 4.78 is 45.8. The minimum atomic E-state index is -4.43. The lowest BCUT2D eigenvalue weighted by Crippen LogP contribution is -2.56. The van der Waals surface area contributed by atoms with Gasteiger partial charge in [0, 0.05) is 23.2 Å². The third kappa shape index (κ3) is 9.04. The number of anilines is 1. The molecule has 0 spiro atoms. The Morgan fingerprint density at radius 3 is 2.09 bits per heavy atom. The Kier molecular flexibility index (Phi) is 12.1. The van der Waals surface area contributed by atoms with Crippen LogP contribution in [0.15, 0.2) is 71.6 Å². The first-order chi connectivity index (χ1) is 21.2. The van der Waals surface area contributed by atoms with E-state index in [-0.39, 0.29) is 39.6 Å². The van der Waals surface area contributed by atoms with E-state index in [2.05, 4.69) is 5.32 Å². The van der Waals surface area contributed by atoms with Crippen LogP contribution < -0.4 is 23.8 Å². The maximum absolute atomic E-state index is 14.4. The molecule has 45 heavy (non-hydrogen) atoms. The minimum absolute atomic E-state index is 0.0586. The van der Waals surface area contributed by atoms with Crippen LogP contribution in [-0.2, 0) is 26.0 Å². The van der Waals surface area contributed by atoms with Crippen molar-refractivity contribution in [1.82, 2.24) is 10.2 Å². The summed E-state index contributed by atoms with van der Waals surface area (Å²) in [5, 5.41) is 3.20. The number of rotatable bonds is 14. The van der Waals surface area contributed by atoms with Gasteiger partial charge in [-0.1, -0.05) is 48.9 Å². The average molecular weight is 660 g/mol. The first-order valence-corrected chi connectivity index (χ1v) is 16.3. The second-order valence-electron chi connectivity index (χ2n) is 11.3. The van der Waals surface area contributed by atoms with Gasteiger partial charge in [0.25, 0.3) is 10.0 Å². The van der Waals surface area contributed by atoms with Gasteiger partial charge in [0.05, 0.1) is 31.9 Å². The number of amides is 2. The molecule has 0 aliphatic rings. The maximum atomic E-state index is 14.4. The summed E-state index contributed by atoms with van der Waals surface area (Å²) in [4.78, 5) is 29.1. The van der Waals surface area contributed by atoms with Crippen LogP contribution in [0.3, 0.4) is 0 Å². The number of carbonyl (C=O) groups excluding carboxylic acids is 2. The first-order valence-electron chi connectivity index (χ1n) is 14.5. The summed E-state index contributed by atoms with van der Waals surface area (Å²) in [7, 11) is -0.194. The second-order valence-corrected chi connectivity index (χ2v) is 13.6. The molecule has 0 saturated heterocycles. The highest BCUT2D eigenvalue weighted by atomic mass is 35.5. The Bertz CT molecular complexity index is 1580. The number of methoxy groups -OCH3 is 3. The van der Waals surface area contributed by atoms with Gasteiger partial charge >= 0.3 is 0 Å². The number of hydrogen-bond donors (Lipinski definition) is 1. The molecule has 10 nitrogen and oxygen atoms in total. The van der Waals surface area contributed by atoms with E-state index in [1.54, 1.807) is 6.07 Å². The highest BCUT2D eigenvalue weighted by Crippen LogP contribution is 2.37. The molecule has 0 bridgehead atoms. The molecule has 2 amide bonds. The number of carbonyl (C=O) groups is 2. The van der Waals surface area contributed by atoms with Crippen LogP contribution in [0.25, 0.3) is 0 Å². The van der Waals surface area contributed by atoms with Crippen molar-refractivity contribution in [2.75, 3.05) is 38.7 Å². The number of nitrogens with one attached hydrogen (secondary N) is 1. The zero-order valence-electron chi connectivity index (χ0n) is 26.8. The molecule has 0 aromatic heterocycles. The molecular weight excluding hydrogens is 618 g/mol. The molecule has 0 unspecified atom stereocenters. The molecule has 0 saturated carbocycles. The van der Waals surface area contributed by atoms with Crippen LogP contribution in [-0.4, -0.2) is 71.1 Å². The lowest BCUT2D eigenvalue weighted by atomic mass is 10.1. The third-order valence-corrected chi connectivity index (χ3v) is 8.99. The third-order valence-electron chi connectivity index (χ3n) is 7.00. The molecule has 0 heterocycles. The van der Waals surface area contributed by atoms with Gasteiger partial charge in [0.1, 0.15) is 18.3 Å². The largest absolute Gasteiger partial charge is 0.495 e. The summed E-state index contributed by atoms with van der Waals surface area (Å²) in [6.07, 6.45) is 0.764. The predicted molar refractivity (Wildman–Crippen MR) is 176 cm³/mol. The van der Waals surface area contributed by atoms with E-state index in [1.807, 2.05) is 58.0 Å². The molecule has 1 N–H and O–H groups in total. The van der Waals surface area contributed by atoms with Crippen molar-refractivity contribution in [2.45, 2.75) is 57.0 Å². The summed E-state index contributed by atoms with van der Waals surface area (Å²) >= 11 is 6.33. The number of benzene rings is 3. The van der Waals surface area contributed by atoms with Gasteiger partial charge < -0.3 is 24.4 Å². The minimum Gasteiger partial charge on any atom is -0.495 e. The zero-order chi connectivity index (χ0) is 33.4. The van der Waals surface area contributed by atoms with E-state index in [4.69, 9.17) is 25.8 Å². The van der Waals surface area contributed by atoms with E-state index in [9.17, 15) is 18.0 Å². The van der Waals surface area contributed by atoms with Gasteiger partial charge in [-0.3, -0.25) is 13.9 Å². The Balaban J connectivity index is 2.14.